The van der Waals surface area contributed by atoms with Crippen LogP contribution >= 0.6 is 0 Å². The van der Waals surface area contributed by atoms with Crippen molar-refractivity contribution in [3.8, 4) is 5.75 Å². The van der Waals surface area contributed by atoms with Gasteiger partial charge in [0.25, 0.3) is 11.7 Å². The maximum atomic E-state index is 12.4. The molecule has 0 aliphatic heterocycles. The number of anilines is 1. The van der Waals surface area contributed by atoms with Crippen LogP contribution in [0.15, 0.2) is 30.6 Å². The van der Waals surface area contributed by atoms with Crippen molar-refractivity contribution >= 4 is 23.3 Å². The van der Waals surface area contributed by atoms with E-state index in [9.17, 15) is 9.59 Å². The third-order valence-electron chi connectivity index (χ3n) is 4.42. The van der Waals surface area contributed by atoms with Gasteiger partial charge in [-0.05, 0) is 52.0 Å². The van der Waals surface area contributed by atoms with Crippen LogP contribution in [0.5, 0.6) is 5.75 Å². The molecule has 29 heavy (non-hydrogen) atoms. The Morgan fingerprint density at radius 3 is 2.62 bits per heavy atom. The Labute approximate surface area is 168 Å². The Balaban J connectivity index is 1.60. The molecule has 0 aliphatic rings. The van der Waals surface area contributed by atoms with Crippen LogP contribution in [0.2, 0.25) is 0 Å². The number of fused-ring (bicyclic) bond motifs is 1. The van der Waals surface area contributed by atoms with E-state index in [4.69, 9.17) is 9.47 Å². The zero-order valence-corrected chi connectivity index (χ0v) is 16.8. The highest BCUT2D eigenvalue weighted by atomic mass is 16.5. The van der Waals surface area contributed by atoms with Gasteiger partial charge in [-0.15, -0.1) is 0 Å². The van der Waals surface area contributed by atoms with Crippen molar-refractivity contribution in [1.29, 1.82) is 0 Å². The van der Waals surface area contributed by atoms with Crippen molar-refractivity contribution < 1.29 is 19.1 Å². The van der Waals surface area contributed by atoms with Crippen LogP contribution < -0.4 is 10.1 Å². The lowest BCUT2D eigenvalue weighted by atomic mass is 10.1. The summed E-state index contributed by atoms with van der Waals surface area (Å²) in [6, 6.07) is 6.97. The summed E-state index contributed by atoms with van der Waals surface area (Å²) in [6.45, 7) is 7.62. The Morgan fingerprint density at radius 2 is 1.93 bits per heavy atom. The van der Waals surface area contributed by atoms with E-state index in [0.29, 0.717) is 35.1 Å². The van der Waals surface area contributed by atoms with Crippen LogP contribution in [-0.4, -0.2) is 44.2 Å². The van der Waals surface area contributed by atoms with E-state index in [-0.39, 0.29) is 6.42 Å². The molecule has 0 aliphatic carbocycles. The van der Waals surface area contributed by atoms with Gasteiger partial charge < -0.3 is 14.8 Å². The first kappa shape index (κ1) is 20.2. The van der Waals surface area contributed by atoms with Crippen LogP contribution in [0.3, 0.4) is 0 Å². The van der Waals surface area contributed by atoms with E-state index in [1.165, 1.54) is 13.3 Å². The number of rotatable bonds is 7. The maximum Gasteiger partial charge on any atom is 0.311 e. The van der Waals surface area contributed by atoms with Gasteiger partial charge in [0.05, 0.1) is 13.0 Å². The average molecular weight is 397 g/mol. The Bertz CT molecular complexity index is 1030. The molecule has 0 saturated carbocycles. The lowest BCUT2D eigenvalue weighted by Gasteiger charge is -2.15. The molecule has 2 aromatic heterocycles. The van der Waals surface area contributed by atoms with Gasteiger partial charge in [0.2, 0.25) is 0 Å². The molecule has 1 N–H and O–H groups in total. The number of amides is 1. The molecule has 152 valence electrons. The molecular weight excluding hydrogens is 374 g/mol. The predicted octanol–water partition coefficient (Wildman–Crippen LogP) is 2.25. The maximum absolute atomic E-state index is 12.4. The average Bonchev–Trinajstić information content (AvgIpc) is 3.15. The van der Waals surface area contributed by atoms with Gasteiger partial charge in [-0.1, -0.05) is 0 Å². The SMILES string of the molecule is CCOc1ccc(NC(=O)[C@@H](C)OC(=O)Cc2c(C)nc3ncnn3c2C)cc1. The number of esters is 1. The number of hydrogen-bond donors (Lipinski definition) is 1. The van der Waals surface area contributed by atoms with Crippen molar-refractivity contribution in [2.24, 2.45) is 0 Å². The molecular formula is C20H23N5O4. The largest absolute Gasteiger partial charge is 0.494 e. The van der Waals surface area contributed by atoms with Crippen LogP contribution in [0, 0.1) is 13.8 Å². The number of carbonyl (C=O) groups is 2. The molecule has 2 heterocycles. The Morgan fingerprint density at radius 1 is 1.21 bits per heavy atom. The zero-order valence-electron chi connectivity index (χ0n) is 16.8. The molecule has 1 amide bonds. The van der Waals surface area contributed by atoms with Crippen molar-refractivity contribution in [3.05, 3.63) is 47.5 Å². The Kier molecular flexibility index (Phi) is 6.06. The number of aromatic nitrogens is 4. The van der Waals surface area contributed by atoms with Gasteiger partial charge in [-0.3, -0.25) is 9.59 Å². The van der Waals surface area contributed by atoms with Crippen LogP contribution in [-0.2, 0) is 20.7 Å². The summed E-state index contributed by atoms with van der Waals surface area (Å²) in [7, 11) is 0. The molecule has 3 rings (SSSR count). The van der Waals surface area contributed by atoms with Crippen LogP contribution in [0.25, 0.3) is 5.78 Å². The Hall–Kier alpha value is -3.49. The summed E-state index contributed by atoms with van der Waals surface area (Å²) in [6.07, 6.45) is 0.448. The normalized spacial score (nSPS) is 11.9. The molecule has 0 fully saturated rings. The summed E-state index contributed by atoms with van der Waals surface area (Å²) < 4.78 is 12.2. The fraction of sp³-hybridized carbons (Fsp3) is 0.350. The third-order valence-corrected chi connectivity index (χ3v) is 4.42. The molecule has 1 aromatic carbocycles. The quantitative estimate of drug-likeness (QED) is 0.609. The molecule has 9 heteroatoms. The molecule has 1 atom stereocenters. The van der Waals surface area contributed by atoms with Gasteiger partial charge >= 0.3 is 5.97 Å². The number of aryl methyl sites for hydroxylation is 2. The third kappa shape index (κ3) is 4.68. The van der Waals surface area contributed by atoms with Crippen molar-refractivity contribution in [3.63, 3.8) is 0 Å². The summed E-state index contributed by atoms with van der Waals surface area (Å²) in [4.78, 5) is 33.1. The van der Waals surface area contributed by atoms with E-state index in [1.54, 1.807) is 35.7 Å². The zero-order chi connectivity index (χ0) is 21.0. The fourth-order valence-corrected chi connectivity index (χ4v) is 2.89. The van der Waals surface area contributed by atoms with Crippen molar-refractivity contribution in [2.75, 3.05) is 11.9 Å². The highest BCUT2D eigenvalue weighted by Gasteiger charge is 2.21. The minimum atomic E-state index is -0.947. The standard InChI is InChI=1S/C20H23N5O4/c1-5-28-16-8-6-15(7-9-16)24-19(27)14(4)29-18(26)10-17-12(2)23-20-21-11-22-25(20)13(17)3/h6-9,11,14H,5,10H2,1-4H3,(H,24,27)/t14-/m1/s1. The molecule has 0 spiro atoms. The van der Waals surface area contributed by atoms with Gasteiger partial charge in [0, 0.05) is 22.6 Å². The smallest absolute Gasteiger partial charge is 0.311 e. The lowest BCUT2D eigenvalue weighted by Crippen LogP contribution is -2.30. The van der Waals surface area contributed by atoms with Crippen LogP contribution in [0.4, 0.5) is 5.69 Å². The minimum absolute atomic E-state index is 0.0128. The second-order valence-corrected chi connectivity index (χ2v) is 6.49. The molecule has 3 aromatic rings. The molecule has 0 saturated heterocycles. The number of nitrogens with zero attached hydrogens (tertiary/aromatic N) is 4. The summed E-state index contributed by atoms with van der Waals surface area (Å²) in [5.74, 6) is 0.251. The molecule has 0 bridgehead atoms. The van der Waals surface area contributed by atoms with Gasteiger partial charge in [-0.25, -0.2) is 9.50 Å². The number of ether oxygens (including phenoxy) is 2. The minimum Gasteiger partial charge on any atom is -0.494 e. The number of hydrogen-bond acceptors (Lipinski definition) is 7. The van der Waals surface area contributed by atoms with E-state index >= 15 is 0 Å². The monoisotopic (exact) mass is 397 g/mol. The summed E-state index contributed by atoms with van der Waals surface area (Å²) >= 11 is 0. The topological polar surface area (TPSA) is 108 Å². The second kappa shape index (κ2) is 8.68. The molecule has 9 nitrogen and oxygen atoms in total. The molecule has 0 radical (unpaired) electrons. The van der Waals surface area contributed by atoms with Crippen LogP contribution in [0.1, 0.15) is 30.8 Å². The number of carbonyl (C=O) groups excluding carboxylic acids is 2. The number of nitrogens with one attached hydrogen (secondary N) is 1. The van der Waals surface area contributed by atoms with Crippen molar-refractivity contribution in [1.82, 2.24) is 19.6 Å². The lowest BCUT2D eigenvalue weighted by molar-refractivity contribution is -0.152. The van der Waals surface area contributed by atoms with Crippen molar-refractivity contribution in [2.45, 2.75) is 40.2 Å². The van der Waals surface area contributed by atoms with E-state index in [1.807, 2.05) is 13.8 Å². The van der Waals surface area contributed by atoms with E-state index < -0.39 is 18.0 Å². The highest BCUT2D eigenvalue weighted by molar-refractivity contribution is 5.95. The van der Waals surface area contributed by atoms with Gasteiger partial charge in [-0.2, -0.15) is 10.1 Å². The highest BCUT2D eigenvalue weighted by Crippen LogP contribution is 2.17. The summed E-state index contributed by atoms with van der Waals surface area (Å²) in [5.41, 5.74) is 2.72. The molecule has 0 unspecified atom stereocenters. The van der Waals surface area contributed by atoms with E-state index in [0.717, 1.165) is 5.69 Å². The first-order chi connectivity index (χ1) is 13.9. The second-order valence-electron chi connectivity index (χ2n) is 6.49. The first-order valence-electron chi connectivity index (χ1n) is 9.28. The summed E-state index contributed by atoms with van der Waals surface area (Å²) in [5, 5.41) is 6.82. The van der Waals surface area contributed by atoms with E-state index in [2.05, 4.69) is 20.4 Å². The van der Waals surface area contributed by atoms with Gasteiger partial charge in [0.15, 0.2) is 6.10 Å². The van der Waals surface area contributed by atoms with Gasteiger partial charge in [0.1, 0.15) is 12.1 Å². The first-order valence-corrected chi connectivity index (χ1v) is 9.28. The fourth-order valence-electron chi connectivity index (χ4n) is 2.89. The number of benzene rings is 1. The predicted molar refractivity (Wildman–Crippen MR) is 106 cm³/mol.